The lowest BCUT2D eigenvalue weighted by atomic mass is 9.97. The van der Waals surface area contributed by atoms with Gasteiger partial charge in [-0.3, -0.25) is 4.79 Å². The number of carbonyl (C=O) groups excluding carboxylic acids is 1. The first-order chi connectivity index (χ1) is 8.72. The number of fused-ring (bicyclic) bond motifs is 3. The third kappa shape index (κ3) is 1.44. The van der Waals surface area contributed by atoms with Gasteiger partial charge in [-0.25, -0.2) is 0 Å². The molecular formula is C17H14O. The smallest absolute Gasteiger partial charge is 0.143 e. The highest BCUT2D eigenvalue weighted by atomic mass is 16.1. The minimum atomic E-state index is 0.876. The van der Waals surface area contributed by atoms with Crippen LogP contribution in [-0.2, 0) is 4.79 Å². The fourth-order valence-electron chi connectivity index (χ4n) is 2.87. The fraction of sp³-hybridized carbons (Fsp3) is 0.118. The van der Waals surface area contributed by atoms with Crippen molar-refractivity contribution < 1.29 is 4.79 Å². The lowest BCUT2D eigenvalue weighted by Gasteiger charge is -2.07. The molecule has 0 saturated heterocycles. The fourth-order valence-corrected chi connectivity index (χ4v) is 2.87. The zero-order valence-corrected chi connectivity index (χ0v) is 10.5. The number of aldehydes is 1. The maximum atomic E-state index is 10.9. The van der Waals surface area contributed by atoms with Crippen LogP contribution < -0.4 is 0 Å². The van der Waals surface area contributed by atoms with Crippen molar-refractivity contribution in [2.75, 3.05) is 0 Å². The lowest BCUT2D eigenvalue weighted by molar-refractivity contribution is -0.104. The van der Waals surface area contributed by atoms with Crippen LogP contribution >= 0.6 is 0 Å². The maximum absolute atomic E-state index is 10.9. The van der Waals surface area contributed by atoms with Gasteiger partial charge in [0.2, 0.25) is 0 Å². The predicted molar refractivity (Wildman–Crippen MR) is 74.5 cm³/mol. The van der Waals surface area contributed by atoms with Crippen LogP contribution in [0.5, 0.6) is 0 Å². The molecule has 18 heavy (non-hydrogen) atoms. The van der Waals surface area contributed by atoms with Gasteiger partial charge in [0.1, 0.15) is 6.29 Å². The Morgan fingerprint density at radius 1 is 0.944 bits per heavy atom. The van der Waals surface area contributed by atoms with Crippen LogP contribution in [0.2, 0.25) is 0 Å². The normalized spacial score (nSPS) is 14.4. The first-order valence-electron chi connectivity index (χ1n) is 6.09. The molecule has 1 heteroatoms. The van der Waals surface area contributed by atoms with Crippen molar-refractivity contribution in [3.8, 4) is 11.1 Å². The van der Waals surface area contributed by atoms with Crippen molar-refractivity contribution in [3.05, 3.63) is 64.7 Å². The second-order valence-electron chi connectivity index (χ2n) is 4.77. The van der Waals surface area contributed by atoms with Crippen LogP contribution in [0.4, 0.5) is 0 Å². The second-order valence-corrected chi connectivity index (χ2v) is 4.77. The van der Waals surface area contributed by atoms with Crippen LogP contribution in [0, 0.1) is 13.8 Å². The number of carbonyl (C=O) groups is 1. The molecule has 1 nitrogen and oxygen atoms in total. The van der Waals surface area contributed by atoms with Crippen molar-refractivity contribution in [1.82, 2.24) is 0 Å². The van der Waals surface area contributed by atoms with Gasteiger partial charge in [-0.05, 0) is 53.3 Å². The maximum Gasteiger partial charge on any atom is 0.143 e. The summed E-state index contributed by atoms with van der Waals surface area (Å²) < 4.78 is 0. The Labute approximate surface area is 107 Å². The van der Waals surface area contributed by atoms with E-state index in [1.807, 2.05) is 12.1 Å². The summed E-state index contributed by atoms with van der Waals surface area (Å²) in [5, 5.41) is 0. The molecular weight excluding hydrogens is 220 g/mol. The average molecular weight is 234 g/mol. The highest BCUT2D eigenvalue weighted by molar-refractivity contribution is 6.05. The van der Waals surface area contributed by atoms with Gasteiger partial charge in [-0.15, -0.1) is 0 Å². The number of aryl methyl sites for hydroxylation is 2. The summed E-state index contributed by atoms with van der Waals surface area (Å²) in [4.78, 5) is 10.9. The van der Waals surface area contributed by atoms with E-state index in [2.05, 4.69) is 38.1 Å². The Kier molecular flexibility index (Phi) is 2.41. The summed E-state index contributed by atoms with van der Waals surface area (Å²) in [6, 6.07) is 12.6. The molecule has 0 radical (unpaired) electrons. The number of rotatable bonds is 1. The molecule has 2 aromatic rings. The number of allylic oxidation sites excluding steroid dienone is 1. The van der Waals surface area contributed by atoms with Gasteiger partial charge in [0.25, 0.3) is 0 Å². The Hall–Kier alpha value is -2.15. The van der Waals surface area contributed by atoms with Gasteiger partial charge in [0, 0.05) is 0 Å². The Morgan fingerprint density at radius 3 is 2.39 bits per heavy atom. The highest BCUT2D eigenvalue weighted by Gasteiger charge is 2.24. The molecule has 0 unspecified atom stereocenters. The highest BCUT2D eigenvalue weighted by Crippen LogP contribution is 2.45. The summed E-state index contributed by atoms with van der Waals surface area (Å²) in [5.41, 5.74) is 8.38. The Bertz CT molecular complexity index is 678. The third-order valence-corrected chi connectivity index (χ3v) is 3.49. The SMILES string of the molecule is Cc1cc(C)c2c(c1)-c1ccccc1/C2=C\C=O. The van der Waals surface area contributed by atoms with Gasteiger partial charge < -0.3 is 0 Å². The molecule has 0 fully saturated rings. The van der Waals surface area contributed by atoms with Crippen molar-refractivity contribution in [2.45, 2.75) is 13.8 Å². The van der Waals surface area contributed by atoms with Crippen LogP contribution in [0.25, 0.3) is 16.7 Å². The molecule has 2 aromatic carbocycles. The molecule has 0 heterocycles. The van der Waals surface area contributed by atoms with E-state index in [0.29, 0.717) is 0 Å². The van der Waals surface area contributed by atoms with Gasteiger partial charge in [-0.2, -0.15) is 0 Å². The topological polar surface area (TPSA) is 17.1 Å². The molecule has 0 atom stereocenters. The van der Waals surface area contributed by atoms with E-state index in [0.717, 1.165) is 17.4 Å². The molecule has 0 N–H and O–H groups in total. The number of hydrogen-bond acceptors (Lipinski definition) is 1. The average Bonchev–Trinajstić information content (AvgIpc) is 2.65. The molecule has 0 saturated carbocycles. The summed E-state index contributed by atoms with van der Waals surface area (Å²) in [6.07, 6.45) is 2.55. The summed E-state index contributed by atoms with van der Waals surface area (Å²) in [5.74, 6) is 0. The molecule has 0 aliphatic heterocycles. The van der Waals surface area contributed by atoms with Crippen molar-refractivity contribution >= 4 is 11.9 Å². The van der Waals surface area contributed by atoms with Gasteiger partial charge >= 0.3 is 0 Å². The van der Waals surface area contributed by atoms with E-state index in [4.69, 9.17) is 0 Å². The minimum Gasteiger partial charge on any atom is -0.299 e. The van der Waals surface area contributed by atoms with Crippen molar-refractivity contribution in [2.24, 2.45) is 0 Å². The molecule has 0 aromatic heterocycles. The monoisotopic (exact) mass is 234 g/mol. The van der Waals surface area contributed by atoms with E-state index in [9.17, 15) is 4.79 Å². The quantitative estimate of drug-likeness (QED) is 0.461. The predicted octanol–water partition coefficient (Wildman–Crippen LogP) is 3.91. The molecule has 88 valence electrons. The molecule has 1 aliphatic rings. The van der Waals surface area contributed by atoms with Crippen LogP contribution in [-0.4, -0.2) is 6.29 Å². The molecule has 0 amide bonds. The van der Waals surface area contributed by atoms with Crippen molar-refractivity contribution in [1.29, 1.82) is 0 Å². The van der Waals surface area contributed by atoms with Gasteiger partial charge in [0.15, 0.2) is 0 Å². The van der Waals surface area contributed by atoms with Crippen LogP contribution in [0.15, 0.2) is 42.5 Å². The third-order valence-electron chi connectivity index (χ3n) is 3.49. The first-order valence-corrected chi connectivity index (χ1v) is 6.09. The molecule has 0 spiro atoms. The second kappa shape index (κ2) is 3.95. The van der Waals surface area contributed by atoms with E-state index in [1.165, 1.54) is 27.8 Å². The van der Waals surface area contributed by atoms with Gasteiger partial charge in [-0.1, -0.05) is 42.0 Å². The Morgan fingerprint density at radius 2 is 1.67 bits per heavy atom. The van der Waals surface area contributed by atoms with Crippen LogP contribution in [0.3, 0.4) is 0 Å². The zero-order valence-electron chi connectivity index (χ0n) is 10.5. The van der Waals surface area contributed by atoms with Crippen LogP contribution in [0.1, 0.15) is 22.3 Å². The first kappa shape index (κ1) is 11.0. The van der Waals surface area contributed by atoms with E-state index >= 15 is 0 Å². The largest absolute Gasteiger partial charge is 0.299 e. The van der Waals surface area contributed by atoms with E-state index in [-0.39, 0.29) is 0 Å². The number of benzene rings is 2. The Balaban J connectivity index is 2.43. The van der Waals surface area contributed by atoms with E-state index < -0.39 is 0 Å². The summed E-state index contributed by atoms with van der Waals surface area (Å²) >= 11 is 0. The lowest BCUT2D eigenvalue weighted by Crippen LogP contribution is -1.88. The summed E-state index contributed by atoms with van der Waals surface area (Å²) in [6.45, 7) is 4.22. The standard InChI is InChI=1S/C17H14O/c1-11-9-12(2)17-15(7-8-18)13-5-3-4-6-14(13)16(17)10-11/h3-10H,1-2H3/b15-7+. The van der Waals surface area contributed by atoms with E-state index in [1.54, 1.807) is 6.08 Å². The zero-order chi connectivity index (χ0) is 12.7. The van der Waals surface area contributed by atoms with Gasteiger partial charge in [0.05, 0.1) is 0 Å². The molecule has 3 rings (SSSR count). The van der Waals surface area contributed by atoms with Crippen molar-refractivity contribution in [3.63, 3.8) is 0 Å². The molecule has 1 aliphatic carbocycles. The number of hydrogen-bond donors (Lipinski definition) is 0. The summed E-state index contributed by atoms with van der Waals surface area (Å²) in [7, 11) is 0. The molecule has 0 bridgehead atoms. The minimum absolute atomic E-state index is 0.876.